The smallest absolute Gasteiger partial charge is 0.433 e. The van der Waals surface area contributed by atoms with Crippen LogP contribution in [0.5, 0.6) is 11.5 Å². The van der Waals surface area contributed by atoms with Crippen LogP contribution in [-0.2, 0) is 6.18 Å². The molecule has 2 heterocycles. The third-order valence-corrected chi connectivity index (χ3v) is 4.08. The summed E-state index contributed by atoms with van der Waals surface area (Å²) in [6.07, 6.45) is -3.30. The van der Waals surface area contributed by atoms with Gasteiger partial charge in [0, 0.05) is 17.8 Å². The Kier molecular flexibility index (Phi) is 3.52. The molecule has 0 aliphatic carbocycles. The molecule has 1 aromatic carbocycles. The van der Waals surface area contributed by atoms with E-state index in [1.54, 1.807) is 6.92 Å². The number of alkyl halides is 3. The van der Waals surface area contributed by atoms with Crippen LogP contribution < -0.4 is 0 Å². The van der Waals surface area contributed by atoms with Crippen LogP contribution in [0.15, 0.2) is 24.4 Å². The highest BCUT2D eigenvalue weighted by Gasteiger charge is 2.38. The summed E-state index contributed by atoms with van der Waals surface area (Å²) in [6.45, 7) is 1.68. The van der Waals surface area contributed by atoms with E-state index in [1.165, 1.54) is 18.3 Å². The Morgan fingerprint density at radius 2 is 1.96 bits per heavy atom. The number of nitrogens with zero attached hydrogens (tertiary/aromatic N) is 2. The van der Waals surface area contributed by atoms with Gasteiger partial charge in [-0.25, -0.2) is 4.98 Å². The number of phenols is 2. The van der Waals surface area contributed by atoms with E-state index >= 15 is 0 Å². The molecule has 0 saturated carbocycles. The summed E-state index contributed by atoms with van der Waals surface area (Å²) in [5, 5.41) is 25.6. The molecule has 0 fully saturated rings. The number of halogens is 3. The van der Waals surface area contributed by atoms with Gasteiger partial charge in [-0.05, 0) is 19.1 Å². The number of aryl methyl sites for hydroxylation is 1. The lowest BCUT2D eigenvalue weighted by Gasteiger charge is -2.08. The molecule has 2 aromatic heterocycles. The normalized spacial score (nSPS) is 11.8. The van der Waals surface area contributed by atoms with Gasteiger partial charge in [0.25, 0.3) is 0 Å². The van der Waals surface area contributed by atoms with Crippen molar-refractivity contribution in [2.75, 3.05) is 0 Å². The maximum absolute atomic E-state index is 13.2. The maximum atomic E-state index is 13.2. The van der Waals surface area contributed by atoms with Gasteiger partial charge in [0.2, 0.25) is 0 Å². The molecule has 0 unspecified atom stereocenters. The Balaban J connectivity index is 2.28. The molecule has 0 spiro atoms. The van der Waals surface area contributed by atoms with E-state index in [9.17, 15) is 23.4 Å². The fourth-order valence-corrected chi connectivity index (χ4v) is 3.01. The van der Waals surface area contributed by atoms with Gasteiger partial charge >= 0.3 is 6.18 Å². The van der Waals surface area contributed by atoms with Crippen molar-refractivity contribution in [3.05, 3.63) is 35.1 Å². The van der Waals surface area contributed by atoms with E-state index in [-0.39, 0.29) is 33.2 Å². The predicted molar refractivity (Wildman–Crippen MR) is 78.2 cm³/mol. The molecule has 0 atom stereocenters. The van der Waals surface area contributed by atoms with Crippen LogP contribution in [0.2, 0.25) is 0 Å². The van der Waals surface area contributed by atoms with Crippen LogP contribution in [-0.4, -0.2) is 25.4 Å². The van der Waals surface area contributed by atoms with Crippen LogP contribution in [0.1, 0.15) is 10.7 Å². The first kappa shape index (κ1) is 15.3. The second-order valence-electron chi connectivity index (χ2n) is 4.76. The summed E-state index contributed by atoms with van der Waals surface area (Å²) < 4.78 is 39.7. The number of benzene rings is 1. The van der Waals surface area contributed by atoms with Crippen molar-refractivity contribution in [2.45, 2.75) is 13.1 Å². The monoisotopic (exact) mass is 341 g/mol. The molecule has 9 heteroatoms. The number of thiazole rings is 1. The molecular weight excluding hydrogens is 331 g/mol. The van der Waals surface area contributed by atoms with Gasteiger partial charge in [0.1, 0.15) is 22.9 Å². The summed E-state index contributed by atoms with van der Waals surface area (Å²) in [6, 6.07) is 3.61. The number of aromatic amines is 1. The minimum absolute atomic E-state index is 0.0570. The number of aromatic hydroxyl groups is 2. The average molecular weight is 341 g/mol. The van der Waals surface area contributed by atoms with Crippen LogP contribution in [0, 0.1) is 6.92 Å². The van der Waals surface area contributed by atoms with Gasteiger partial charge in [0.15, 0.2) is 0 Å². The number of nitrogens with one attached hydrogen (secondary N) is 1. The van der Waals surface area contributed by atoms with Crippen LogP contribution in [0.4, 0.5) is 13.2 Å². The molecule has 0 aliphatic rings. The molecule has 120 valence electrons. The first-order chi connectivity index (χ1) is 10.8. The van der Waals surface area contributed by atoms with Gasteiger partial charge in [-0.3, -0.25) is 5.10 Å². The zero-order valence-corrected chi connectivity index (χ0v) is 12.5. The lowest BCUT2D eigenvalue weighted by molar-refractivity contribution is -0.140. The topological polar surface area (TPSA) is 82.0 Å². The fourth-order valence-electron chi connectivity index (χ4n) is 2.18. The lowest BCUT2D eigenvalue weighted by atomic mass is 10.0. The highest BCUT2D eigenvalue weighted by Crippen LogP contribution is 2.44. The minimum atomic E-state index is -4.63. The third kappa shape index (κ3) is 2.74. The molecule has 3 N–H and O–H groups in total. The Morgan fingerprint density at radius 3 is 2.52 bits per heavy atom. The molecule has 0 saturated heterocycles. The number of rotatable bonds is 2. The van der Waals surface area contributed by atoms with Crippen LogP contribution in [0.3, 0.4) is 0 Å². The van der Waals surface area contributed by atoms with E-state index in [0.29, 0.717) is 5.01 Å². The third-order valence-electron chi connectivity index (χ3n) is 3.15. The molecule has 3 aromatic rings. The summed E-state index contributed by atoms with van der Waals surface area (Å²) in [4.78, 5) is 4.26. The zero-order chi connectivity index (χ0) is 16.8. The van der Waals surface area contributed by atoms with E-state index in [4.69, 9.17) is 0 Å². The maximum Gasteiger partial charge on any atom is 0.433 e. The van der Waals surface area contributed by atoms with Crippen molar-refractivity contribution in [1.29, 1.82) is 0 Å². The van der Waals surface area contributed by atoms with Crippen molar-refractivity contribution in [2.24, 2.45) is 0 Å². The molecular formula is C14H10F3N3O2S. The second kappa shape index (κ2) is 5.27. The zero-order valence-electron chi connectivity index (χ0n) is 11.6. The highest BCUT2D eigenvalue weighted by atomic mass is 32.1. The largest absolute Gasteiger partial charge is 0.508 e. The molecule has 0 radical (unpaired) electrons. The SMILES string of the molecule is Cc1ncc(-c2c(-c3ccc(O)cc3O)n[nH]c2C(F)(F)F)s1. The van der Waals surface area contributed by atoms with E-state index in [0.717, 1.165) is 17.4 Å². The minimum Gasteiger partial charge on any atom is -0.508 e. The van der Waals surface area contributed by atoms with Gasteiger partial charge in [-0.15, -0.1) is 11.3 Å². The first-order valence-corrected chi connectivity index (χ1v) is 7.19. The van der Waals surface area contributed by atoms with E-state index < -0.39 is 11.9 Å². The summed E-state index contributed by atoms with van der Waals surface area (Å²) in [7, 11) is 0. The average Bonchev–Trinajstić information content (AvgIpc) is 3.04. The summed E-state index contributed by atoms with van der Waals surface area (Å²) in [5.41, 5.74) is -1.17. The second-order valence-corrected chi connectivity index (χ2v) is 6.00. The van der Waals surface area contributed by atoms with Crippen molar-refractivity contribution >= 4 is 11.3 Å². The van der Waals surface area contributed by atoms with E-state index in [1.807, 2.05) is 5.10 Å². The van der Waals surface area contributed by atoms with Gasteiger partial charge < -0.3 is 10.2 Å². The molecule has 5 nitrogen and oxygen atoms in total. The standard InChI is InChI=1S/C14H10F3N3O2S/c1-6-18-5-10(23-6)11-12(19-20-13(11)14(15,16)17)8-3-2-7(21)4-9(8)22/h2-5,21-22H,1H3,(H,19,20). The molecule has 3 rings (SSSR count). The number of aromatic nitrogens is 3. The van der Waals surface area contributed by atoms with Gasteiger partial charge in [0.05, 0.1) is 15.4 Å². The Morgan fingerprint density at radius 1 is 1.22 bits per heavy atom. The quantitative estimate of drug-likeness (QED) is 0.659. The van der Waals surface area contributed by atoms with Crippen LogP contribution >= 0.6 is 11.3 Å². The highest BCUT2D eigenvalue weighted by molar-refractivity contribution is 7.15. The number of hydrogen-bond donors (Lipinski definition) is 3. The van der Waals surface area contributed by atoms with Crippen LogP contribution in [0.25, 0.3) is 21.7 Å². The van der Waals surface area contributed by atoms with Crippen molar-refractivity contribution in [1.82, 2.24) is 15.2 Å². The van der Waals surface area contributed by atoms with Crippen molar-refractivity contribution in [3.63, 3.8) is 0 Å². The van der Waals surface area contributed by atoms with Gasteiger partial charge in [-0.2, -0.15) is 18.3 Å². The van der Waals surface area contributed by atoms with Crippen molar-refractivity contribution in [3.8, 4) is 33.2 Å². The van der Waals surface area contributed by atoms with E-state index in [2.05, 4.69) is 10.1 Å². The summed E-state index contributed by atoms with van der Waals surface area (Å²) in [5.74, 6) is -0.569. The Labute approximate surface area is 132 Å². The Bertz CT molecular complexity index is 871. The fraction of sp³-hybridized carbons (Fsp3) is 0.143. The number of hydrogen-bond acceptors (Lipinski definition) is 5. The van der Waals surface area contributed by atoms with Gasteiger partial charge in [-0.1, -0.05) is 0 Å². The number of phenolic OH excluding ortho intramolecular Hbond substituents is 2. The number of H-pyrrole nitrogens is 1. The summed E-state index contributed by atoms with van der Waals surface area (Å²) >= 11 is 1.09. The Hall–Kier alpha value is -2.55. The predicted octanol–water partition coefficient (Wildman–Crippen LogP) is 3.94. The first-order valence-electron chi connectivity index (χ1n) is 6.38. The molecule has 0 aliphatic heterocycles. The molecule has 0 bridgehead atoms. The lowest BCUT2D eigenvalue weighted by Crippen LogP contribution is -2.07. The molecule has 23 heavy (non-hydrogen) atoms. The van der Waals surface area contributed by atoms with Crippen molar-refractivity contribution < 1.29 is 23.4 Å². The molecule has 0 amide bonds.